The third-order valence-corrected chi connectivity index (χ3v) is 4.90. The minimum Gasteiger partial charge on any atom is -0.462 e. The van der Waals surface area contributed by atoms with E-state index in [0.717, 1.165) is 29.9 Å². The molecule has 134 valence electrons. The molecule has 1 aromatic carbocycles. The molecule has 25 heavy (non-hydrogen) atoms. The molecule has 1 aromatic heterocycles. The molecule has 0 bridgehead atoms. The number of carbonyl (C=O) groups excluding carboxylic acids is 1. The second-order valence-corrected chi connectivity index (χ2v) is 6.73. The van der Waals surface area contributed by atoms with Crippen LogP contribution in [-0.4, -0.2) is 35.5 Å². The summed E-state index contributed by atoms with van der Waals surface area (Å²) in [6.07, 6.45) is 4.92. The highest BCUT2D eigenvalue weighted by Gasteiger charge is 2.16. The van der Waals surface area contributed by atoms with Crippen molar-refractivity contribution >= 4 is 16.9 Å². The van der Waals surface area contributed by atoms with Crippen LogP contribution in [0.25, 0.3) is 10.9 Å². The maximum absolute atomic E-state index is 13.0. The number of carbonyl (C=O) groups is 1. The third-order valence-electron chi connectivity index (χ3n) is 4.90. The molecule has 0 radical (unpaired) electrons. The zero-order chi connectivity index (χ0) is 17.8. The molecule has 2 aromatic rings. The van der Waals surface area contributed by atoms with Crippen LogP contribution in [0.3, 0.4) is 0 Å². The number of aryl methyl sites for hydroxylation is 1. The molecule has 1 N–H and O–H groups in total. The van der Waals surface area contributed by atoms with E-state index in [9.17, 15) is 9.59 Å². The van der Waals surface area contributed by atoms with Gasteiger partial charge in [0.25, 0.3) is 0 Å². The van der Waals surface area contributed by atoms with Gasteiger partial charge < -0.3 is 9.72 Å². The fourth-order valence-corrected chi connectivity index (χ4v) is 3.50. The number of H-pyrrole nitrogens is 1. The Morgan fingerprint density at radius 2 is 1.92 bits per heavy atom. The SMILES string of the molecule is CCOC(=O)c1ccc2[nH]c(C)c(CN3CCCCCC3)c(=O)c2c1. The van der Waals surface area contributed by atoms with Crippen molar-refractivity contribution in [3.8, 4) is 0 Å². The van der Waals surface area contributed by atoms with Gasteiger partial charge >= 0.3 is 5.97 Å². The lowest BCUT2D eigenvalue weighted by atomic mass is 10.1. The number of nitrogens with zero attached hydrogens (tertiary/aromatic N) is 1. The number of benzene rings is 1. The van der Waals surface area contributed by atoms with Crippen LogP contribution in [0.15, 0.2) is 23.0 Å². The summed E-state index contributed by atoms with van der Waals surface area (Å²) in [5, 5.41) is 0.556. The summed E-state index contributed by atoms with van der Waals surface area (Å²) in [5.74, 6) is -0.390. The van der Waals surface area contributed by atoms with Gasteiger partial charge in [0.1, 0.15) is 0 Å². The lowest BCUT2D eigenvalue weighted by Crippen LogP contribution is -2.28. The van der Waals surface area contributed by atoms with Gasteiger partial charge in [-0.05, 0) is 58.0 Å². The van der Waals surface area contributed by atoms with Crippen molar-refractivity contribution in [3.63, 3.8) is 0 Å². The molecule has 0 spiro atoms. The Hall–Kier alpha value is -2.14. The van der Waals surface area contributed by atoms with Crippen molar-refractivity contribution in [1.82, 2.24) is 9.88 Å². The number of nitrogens with one attached hydrogen (secondary N) is 1. The number of rotatable bonds is 4. The second kappa shape index (κ2) is 7.83. The Morgan fingerprint density at radius 3 is 2.60 bits per heavy atom. The lowest BCUT2D eigenvalue weighted by molar-refractivity contribution is 0.0526. The Labute approximate surface area is 148 Å². The molecule has 0 unspecified atom stereocenters. The number of aromatic amines is 1. The van der Waals surface area contributed by atoms with Crippen molar-refractivity contribution < 1.29 is 9.53 Å². The average Bonchev–Trinajstić information content (AvgIpc) is 2.87. The van der Waals surface area contributed by atoms with Gasteiger partial charge in [0.15, 0.2) is 5.43 Å². The van der Waals surface area contributed by atoms with E-state index in [2.05, 4.69) is 9.88 Å². The number of likely N-dealkylation sites (tertiary alicyclic amines) is 1. The van der Waals surface area contributed by atoms with E-state index in [4.69, 9.17) is 4.74 Å². The van der Waals surface area contributed by atoms with Crippen LogP contribution in [-0.2, 0) is 11.3 Å². The van der Waals surface area contributed by atoms with E-state index in [1.807, 2.05) is 6.92 Å². The van der Waals surface area contributed by atoms with Crippen molar-refractivity contribution in [2.75, 3.05) is 19.7 Å². The van der Waals surface area contributed by atoms with Crippen molar-refractivity contribution in [2.45, 2.75) is 46.1 Å². The second-order valence-electron chi connectivity index (χ2n) is 6.73. The summed E-state index contributed by atoms with van der Waals surface area (Å²) in [6, 6.07) is 5.13. The topological polar surface area (TPSA) is 62.4 Å². The number of esters is 1. The number of hydrogen-bond acceptors (Lipinski definition) is 4. The normalized spacial score (nSPS) is 15.9. The number of aromatic nitrogens is 1. The first-order valence-corrected chi connectivity index (χ1v) is 9.15. The standard InChI is InChI=1S/C20H26N2O3/c1-3-25-20(24)15-8-9-18-16(12-15)19(23)17(14(2)21-18)13-22-10-6-4-5-7-11-22/h8-9,12H,3-7,10-11,13H2,1-2H3,(H,21,23). The Kier molecular flexibility index (Phi) is 5.53. The lowest BCUT2D eigenvalue weighted by Gasteiger charge is -2.20. The highest BCUT2D eigenvalue weighted by Crippen LogP contribution is 2.17. The van der Waals surface area contributed by atoms with Crippen LogP contribution in [0.2, 0.25) is 0 Å². The van der Waals surface area contributed by atoms with Gasteiger partial charge in [0.05, 0.1) is 12.2 Å². The molecule has 0 amide bonds. The van der Waals surface area contributed by atoms with Crippen molar-refractivity contribution in [3.05, 3.63) is 45.2 Å². The Bertz CT molecular complexity index is 818. The molecular weight excluding hydrogens is 316 g/mol. The summed E-state index contributed by atoms with van der Waals surface area (Å²) in [4.78, 5) is 30.7. The predicted octanol–water partition coefficient (Wildman–Crippen LogP) is 3.39. The fourth-order valence-electron chi connectivity index (χ4n) is 3.50. The zero-order valence-electron chi connectivity index (χ0n) is 15.1. The minimum atomic E-state index is -0.390. The average molecular weight is 342 g/mol. The van der Waals surface area contributed by atoms with E-state index in [1.54, 1.807) is 25.1 Å². The molecule has 5 heteroatoms. The Balaban J connectivity index is 1.97. The summed E-state index contributed by atoms with van der Waals surface area (Å²) in [7, 11) is 0. The van der Waals surface area contributed by atoms with Crippen molar-refractivity contribution in [1.29, 1.82) is 0 Å². The fraction of sp³-hybridized carbons (Fsp3) is 0.500. The first kappa shape index (κ1) is 17.7. The van der Waals surface area contributed by atoms with Crippen LogP contribution >= 0.6 is 0 Å². The van der Waals surface area contributed by atoms with Gasteiger partial charge in [-0.15, -0.1) is 0 Å². The van der Waals surface area contributed by atoms with E-state index in [-0.39, 0.29) is 5.43 Å². The molecule has 1 fully saturated rings. The van der Waals surface area contributed by atoms with E-state index in [1.165, 1.54) is 25.7 Å². The Morgan fingerprint density at radius 1 is 1.20 bits per heavy atom. The summed E-state index contributed by atoms with van der Waals surface area (Å²) in [6.45, 7) is 6.79. The first-order valence-electron chi connectivity index (χ1n) is 9.15. The van der Waals surface area contributed by atoms with Gasteiger partial charge in [-0.2, -0.15) is 0 Å². The van der Waals surface area contributed by atoms with Crippen LogP contribution in [0.4, 0.5) is 0 Å². The first-order chi connectivity index (χ1) is 12.1. The molecule has 0 saturated carbocycles. The smallest absolute Gasteiger partial charge is 0.338 e. The predicted molar refractivity (Wildman–Crippen MR) is 99.0 cm³/mol. The monoisotopic (exact) mass is 342 g/mol. The van der Waals surface area contributed by atoms with Gasteiger partial charge in [-0.3, -0.25) is 9.69 Å². The van der Waals surface area contributed by atoms with E-state index in [0.29, 0.717) is 24.1 Å². The zero-order valence-corrected chi connectivity index (χ0v) is 15.1. The third kappa shape index (κ3) is 3.93. The van der Waals surface area contributed by atoms with Gasteiger partial charge in [0.2, 0.25) is 0 Å². The molecule has 3 rings (SSSR count). The molecule has 1 saturated heterocycles. The quantitative estimate of drug-likeness (QED) is 0.865. The number of pyridine rings is 1. The van der Waals surface area contributed by atoms with Gasteiger partial charge in [-0.1, -0.05) is 12.8 Å². The highest BCUT2D eigenvalue weighted by atomic mass is 16.5. The van der Waals surface area contributed by atoms with Crippen molar-refractivity contribution in [2.24, 2.45) is 0 Å². The van der Waals surface area contributed by atoms with Gasteiger partial charge in [-0.25, -0.2) is 4.79 Å². The molecule has 1 aliphatic heterocycles. The summed E-state index contributed by atoms with van der Waals surface area (Å²) in [5.41, 5.74) is 2.90. The van der Waals surface area contributed by atoms with Crippen LogP contribution in [0.1, 0.15) is 54.2 Å². The highest BCUT2D eigenvalue weighted by molar-refractivity contribution is 5.94. The number of hydrogen-bond donors (Lipinski definition) is 1. The molecule has 0 aliphatic carbocycles. The maximum atomic E-state index is 13.0. The number of fused-ring (bicyclic) bond motifs is 1. The molecule has 2 heterocycles. The number of ether oxygens (including phenoxy) is 1. The minimum absolute atomic E-state index is 0.0154. The molecular formula is C20H26N2O3. The van der Waals surface area contributed by atoms with E-state index >= 15 is 0 Å². The largest absolute Gasteiger partial charge is 0.462 e. The van der Waals surface area contributed by atoms with Crippen LogP contribution in [0, 0.1) is 6.92 Å². The summed E-state index contributed by atoms with van der Waals surface area (Å²) < 4.78 is 5.05. The molecule has 5 nitrogen and oxygen atoms in total. The summed E-state index contributed by atoms with van der Waals surface area (Å²) >= 11 is 0. The maximum Gasteiger partial charge on any atom is 0.338 e. The van der Waals surface area contributed by atoms with E-state index < -0.39 is 5.97 Å². The molecule has 1 aliphatic rings. The van der Waals surface area contributed by atoms with Crippen LogP contribution < -0.4 is 5.43 Å². The molecule has 0 atom stereocenters. The van der Waals surface area contributed by atoms with Crippen LogP contribution in [0.5, 0.6) is 0 Å². The van der Waals surface area contributed by atoms with Gasteiger partial charge in [0, 0.05) is 28.7 Å².